The van der Waals surface area contributed by atoms with E-state index in [2.05, 4.69) is 10.4 Å². The van der Waals surface area contributed by atoms with E-state index in [0.717, 1.165) is 0 Å². The van der Waals surface area contributed by atoms with E-state index in [1.165, 1.54) is 4.68 Å². The van der Waals surface area contributed by atoms with Gasteiger partial charge in [-0.25, -0.2) is 0 Å². The van der Waals surface area contributed by atoms with E-state index in [1.54, 1.807) is 42.7 Å². The lowest BCUT2D eigenvalue weighted by Gasteiger charge is -2.10. The van der Waals surface area contributed by atoms with Crippen molar-refractivity contribution in [1.82, 2.24) is 9.78 Å². The summed E-state index contributed by atoms with van der Waals surface area (Å²) < 4.78 is 6.75. The minimum atomic E-state index is -0.211. The normalized spacial score (nSPS) is 9.63. The number of amides is 1. The summed E-state index contributed by atoms with van der Waals surface area (Å²) in [5, 5.41) is 15.2. The van der Waals surface area contributed by atoms with Gasteiger partial charge in [0.15, 0.2) is 6.61 Å². The van der Waals surface area contributed by atoms with Crippen LogP contribution in [-0.2, 0) is 11.3 Å². The third-order valence-corrected chi connectivity index (χ3v) is 2.32. The molecule has 2 rings (SSSR count). The first-order chi connectivity index (χ1) is 9.29. The van der Waals surface area contributed by atoms with Crippen molar-refractivity contribution in [3.05, 3.63) is 42.7 Å². The number of rotatable bonds is 5. The molecule has 0 spiro atoms. The average molecular weight is 256 g/mol. The Hall–Kier alpha value is -2.81. The van der Waals surface area contributed by atoms with Gasteiger partial charge in [0.25, 0.3) is 0 Å². The van der Waals surface area contributed by atoms with Crippen molar-refractivity contribution in [1.29, 1.82) is 5.26 Å². The smallest absolute Gasteiger partial charge is 0.246 e. The van der Waals surface area contributed by atoms with E-state index in [-0.39, 0.29) is 19.1 Å². The zero-order valence-corrected chi connectivity index (χ0v) is 10.1. The third-order valence-electron chi connectivity index (χ3n) is 2.32. The quantitative estimate of drug-likeness (QED) is 0.877. The van der Waals surface area contributed by atoms with Gasteiger partial charge < -0.3 is 10.1 Å². The largest absolute Gasteiger partial charge is 0.477 e. The van der Waals surface area contributed by atoms with Crippen LogP contribution in [0.2, 0.25) is 0 Å². The summed E-state index contributed by atoms with van der Waals surface area (Å²) in [6, 6.07) is 10.6. The number of benzene rings is 1. The Labute approximate surface area is 110 Å². The molecule has 0 saturated carbocycles. The fraction of sp³-hybridized carbons (Fsp3) is 0.154. The molecule has 1 N–H and O–H groups in total. The summed E-state index contributed by atoms with van der Waals surface area (Å²) >= 11 is 0. The SMILES string of the molecule is N#CCOc1ccccc1NC(=O)Cn1cccn1. The number of ether oxygens (including phenoxy) is 1. The van der Waals surface area contributed by atoms with Crippen LogP contribution in [0.3, 0.4) is 0 Å². The van der Waals surface area contributed by atoms with Gasteiger partial charge in [-0.1, -0.05) is 12.1 Å². The van der Waals surface area contributed by atoms with Gasteiger partial charge in [-0.15, -0.1) is 0 Å². The fourth-order valence-corrected chi connectivity index (χ4v) is 1.54. The standard InChI is InChI=1S/C13H12N4O2/c14-6-9-19-12-5-2-1-4-11(12)16-13(18)10-17-8-3-7-15-17/h1-5,7-8H,9-10H2,(H,16,18). The number of para-hydroxylation sites is 2. The van der Waals surface area contributed by atoms with Gasteiger partial charge >= 0.3 is 0 Å². The fourth-order valence-electron chi connectivity index (χ4n) is 1.54. The van der Waals surface area contributed by atoms with Crippen LogP contribution in [0.4, 0.5) is 5.69 Å². The van der Waals surface area contributed by atoms with Crippen LogP contribution in [0.15, 0.2) is 42.7 Å². The number of hydrogen-bond donors (Lipinski definition) is 1. The van der Waals surface area contributed by atoms with Gasteiger partial charge in [0.05, 0.1) is 5.69 Å². The topological polar surface area (TPSA) is 79.9 Å². The molecule has 1 heterocycles. The van der Waals surface area contributed by atoms with E-state index in [1.807, 2.05) is 6.07 Å². The summed E-state index contributed by atoms with van der Waals surface area (Å²) in [6.07, 6.45) is 3.31. The Bertz CT molecular complexity index is 587. The first-order valence-electron chi connectivity index (χ1n) is 5.65. The van der Waals surface area contributed by atoms with Crippen molar-refractivity contribution in [2.24, 2.45) is 0 Å². The summed E-state index contributed by atoms with van der Waals surface area (Å²) in [6.45, 7) is 0.0611. The van der Waals surface area contributed by atoms with Gasteiger partial charge in [0.2, 0.25) is 5.91 Å². The van der Waals surface area contributed by atoms with Crippen LogP contribution >= 0.6 is 0 Å². The van der Waals surface area contributed by atoms with Crippen molar-refractivity contribution >= 4 is 11.6 Å². The highest BCUT2D eigenvalue weighted by Crippen LogP contribution is 2.23. The van der Waals surface area contributed by atoms with Crippen LogP contribution in [0.25, 0.3) is 0 Å². The summed E-state index contributed by atoms with van der Waals surface area (Å²) in [4.78, 5) is 11.8. The van der Waals surface area contributed by atoms with Gasteiger partial charge in [-0.3, -0.25) is 9.48 Å². The Morgan fingerprint density at radius 2 is 2.26 bits per heavy atom. The van der Waals surface area contributed by atoms with Gasteiger partial charge in [-0.05, 0) is 18.2 Å². The maximum atomic E-state index is 11.8. The molecule has 0 unspecified atom stereocenters. The van der Waals surface area contributed by atoms with Crippen LogP contribution in [0.5, 0.6) is 5.75 Å². The first-order valence-corrected chi connectivity index (χ1v) is 5.65. The first kappa shape index (κ1) is 12.6. The molecule has 19 heavy (non-hydrogen) atoms. The van der Waals surface area contributed by atoms with E-state index in [9.17, 15) is 4.79 Å². The predicted octanol–water partition coefficient (Wildman–Crippen LogP) is 1.42. The van der Waals surface area contributed by atoms with E-state index in [0.29, 0.717) is 11.4 Å². The van der Waals surface area contributed by atoms with Crippen molar-refractivity contribution < 1.29 is 9.53 Å². The van der Waals surface area contributed by atoms with Crippen LogP contribution < -0.4 is 10.1 Å². The van der Waals surface area contributed by atoms with E-state index in [4.69, 9.17) is 10.00 Å². The van der Waals surface area contributed by atoms with Crippen molar-refractivity contribution in [3.63, 3.8) is 0 Å². The van der Waals surface area contributed by atoms with Crippen molar-refractivity contribution in [3.8, 4) is 11.8 Å². The number of aromatic nitrogens is 2. The maximum absolute atomic E-state index is 11.8. The number of anilines is 1. The zero-order chi connectivity index (χ0) is 13.5. The minimum Gasteiger partial charge on any atom is -0.477 e. The molecule has 1 aromatic heterocycles. The molecule has 1 aromatic carbocycles. The zero-order valence-electron chi connectivity index (χ0n) is 10.1. The van der Waals surface area contributed by atoms with Crippen molar-refractivity contribution in [2.75, 3.05) is 11.9 Å². The highest BCUT2D eigenvalue weighted by atomic mass is 16.5. The molecule has 0 aliphatic heterocycles. The summed E-state index contributed by atoms with van der Waals surface area (Å²) in [7, 11) is 0. The van der Waals surface area contributed by atoms with Gasteiger partial charge in [-0.2, -0.15) is 10.4 Å². The molecule has 1 amide bonds. The summed E-state index contributed by atoms with van der Waals surface area (Å²) in [5.41, 5.74) is 0.537. The second-order valence-corrected chi connectivity index (χ2v) is 3.69. The Morgan fingerprint density at radius 3 is 3.00 bits per heavy atom. The second kappa shape index (κ2) is 6.21. The van der Waals surface area contributed by atoms with Crippen LogP contribution in [0, 0.1) is 11.3 Å². The molecule has 0 bridgehead atoms. The molecule has 0 aliphatic rings. The molecule has 0 aliphatic carbocycles. The van der Waals surface area contributed by atoms with Crippen LogP contribution in [0.1, 0.15) is 0 Å². The summed E-state index contributed by atoms with van der Waals surface area (Å²) in [5.74, 6) is 0.259. The Balaban J connectivity index is 2.02. The third kappa shape index (κ3) is 3.57. The second-order valence-electron chi connectivity index (χ2n) is 3.69. The Morgan fingerprint density at radius 1 is 1.42 bits per heavy atom. The number of hydrogen-bond acceptors (Lipinski definition) is 4. The van der Waals surface area contributed by atoms with E-state index >= 15 is 0 Å². The number of carbonyl (C=O) groups excluding carboxylic acids is 1. The molecular formula is C13H12N4O2. The van der Waals surface area contributed by atoms with E-state index < -0.39 is 0 Å². The van der Waals surface area contributed by atoms with Crippen LogP contribution in [-0.4, -0.2) is 22.3 Å². The lowest BCUT2D eigenvalue weighted by Crippen LogP contribution is -2.19. The lowest BCUT2D eigenvalue weighted by atomic mass is 10.3. The minimum absolute atomic E-state index is 0.0635. The molecular weight excluding hydrogens is 244 g/mol. The molecule has 0 radical (unpaired) electrons. The predicted molar refractivity (Wildman–Crippen MR) is 68.4 cm³/mol. The molecule has 6 nitrogen and oxygen atoms in total. The number of nitriles is 1. The van der Waals surface area contributed by atoms with Crippen molar-refractivity contribution in [2.45, 2.75) is 6.54 Å². The van der Waals surface area contributed by atoms with Gasteiger partial charge in [0.1, 0.15) is 18.4 Å². The molecule has 0 atom stereocenters. The van der Waals surface area contributed by atoms with Gasteiger partial charge in [0, 0.05) is 12.4 Å². The lowest BCUT2D eigenvalue weighted by molar-refractivity contribution is -0.116. The molecule has 6 heteroatoms. The number of nitrogens with one attached hydrogen (secondary N) is 1. The average Bonchev–Trinajstić information content (AvgIpc) is 2.90. The highest BCUT2D eigenvalue weighted by molar-refractivity contribution is 5.92. The number of carbonyl (C=O) groups is 1. The monoisotopic (exact) mass is 256 g/mol. The highest BCUT2D eigenvalue weighted by Gasteiger charge is 2.08. The maximum Gasteiger partial charge on any atom is 0.246 e. The Kier molecular flexibility index (Phi) is 4.13. The molecule has 2 aromatic rings. The molecule has 96 valence electrons. The molecule has 0 saturated heterocycles. The number of nitrogens with zero attached hydrogens (tertiary/aromatic N) is 3. The molecule has 0 fully saturated rings.